The van der Waals surface area contributed by atoms with E-state index < -0.39 is 0 Å². The maximum Gasteiger partial charge on any atom is 0.258 e. The Bertz CT molecular complexity index is 644. The van der Waals surface area contributed by atoms with Crippen molar-refractivity contribution in [3.8, 4) is 17.0 Å². The number of aromatic nitrogens is 1. The number of benzene rings is 1. The van der Waals surface area contributed by atoms with Gasteiger partial charge in [-0.1, -0.05) is 0 Å². The van der Waals surface area contributed by atoms with Crippen molar-refractivity contribution in [2.24, 2.45) is 0 Å². The lowest BCUT2D eigenvalue weighted by molar-refractivity contribution is 0.112. The van der Waals surface area contributed by atoms with E-state index in [0.29, 0.717) is 12.0 Å². The summed E-state index contributed by atoms with van der Waals surface area (Å²) in [5.74, 6) is 0.797. The molecule has 4 heteroatoms. The molecule has 18 heavy (non-hydrogen) atoms. The highest BCUT2D eigenvalue weighted by molar-refractivity contribution is 5.75. The van der Waals surface area contributed by atoms with Crippen molar-refractivity contribution in [2.45, 2.75) is 6.92 Å². The molecule has 0 radical (unpaired) electrons. The normalized spacial score (nSPS) is 10.1. The predicted molar refractivity (Wildman–Crippen MR) is 69.2 cm³/mol. The van der Waals surface area contributed by atoms with Gasteiger partial charge in [0.15, 0.2) is 6.29 Å². The summed E-state index contributed by atoms with van der Waals surface area (Å²) in [6, 6.07) is 8.85. The average Bonchev–Trinajstić information content (AvgIpc) is 2.38. The van der Waals surface area contributed by atoms with Gasteiger partial charge in [0.25, 0.3) is 5.56 Å². The van der Waals surface area contributed by atoms with Gasteiger partial charge in [-0.3, -0.25) is 9.59 Å². The third-order valence-corrected chi connectivity index (χ3v) is 2.77. The first-order chi connectivity index (χ1) is 8.65. The molecule has 1 aromatic heterocycles. The highest BCUT2D eigenvalue weighted by Crippen LogP contribution is 2.24. The van der Waals surface area contributed by atoms with Gasteiger partial charge in [0.2, 0.25) is 0 Å². The molecule has 0 fully saturated rings. The molecular weight excluding hydrogens is 230 g/mol. The Morgan fingerprint density at radius 3 is 2.56 bits per heavy atom. The van der Waals surface area contributed by atoms with Crippen LogP contribution in [0.5, 0.6) is 5.75 Å². The van der Waals surface area contributed by atoms with Gasteiger partial charge in [0.1, 0.15) is 5.75 Å². The molecule has 0 aliphatic heterocycles. The summed E-state index contributed by atoms with van der Waals surface area (Å²) in [7, 11) is 1.61. The molecule has 2 rings (SSSR count). The van der Waals surface area contributed by atoms with Crippen molar-refractivity contribution < 1.29 is 9.53 Å². The fourth-order valence-corrected chi connectivity index (χ4v) is 1.79. The van der Waals surface area contributed by atoms with E-state index in [4.69, 9.17) is 4.74 Å². The number of hydrogen-bond acceptors (Lipinski definition) is 3. The minimum Gasteiger partial charge on any atom is -0.496 e. The molecule has 92 valence electrons. The minimum atomic E-state index is -0.379. The Hall–Kier alpha value is -2.36. The summed E-state index contributed by atoms with van der Waals surface area (Å²) in [4.78, 5) is 24.8. The number of aryl methyl sites for hydroxylation is 1. The number of nitrogens with one attached hydrogen (secondary N) is 1. The number of pyridine rings is 1. The molecule has 0 amide bonds. The van der Waals surface area contributed by atoms with Gasteiger partial charge < -0.3 is 9.72 Å². The van der Waals surface area contributed by atoms with Gasteiger partial charge >= 0.3 is 0 Å². The van der Waals surface area contributed by atoms with E-state index in [2.05, 4.69) is 4.98 Å². The molecule has 0 aliphatic carbocycles. The summed E-state index contributed by atoms with van der Waals surface area (Å²) >= 11 is 0. The molecule has 0 aliphatic rings. The van der Waals surface area contributed by atoms with E-state index in [-0.39, 0.29) is 11.1 Å². The van der Waals surface area contributed by atoms with Crippen LogP contribution in [-0.4, -0.2) is 18.4 Å². The second-order valence-corrected chi connectivity index (χ2v) is 3.96. The van der Waals surface area contributed by atoms with E-state index in [9.17, 15) is 9.59 Å². The van der Waals surface area contributed by atoms with Gasteiger partial charge in [0.05, 0.1) is 12.7 Å². The Balaban J connectivity index is 2.49. The largest absolute Gasteiger partial charge is 0.496 e. The lowest BCUT2D eigenvalue weighted by Crippen LogP contribution is -2.11. The van der Waals surface area contributed by atoms with E-state index in [1.54, 1.807) is 13.2 Å². The van der Waals surface area contributed by atoms with Gasteiger partial charge in [-0.25, -0.2) is 0 Å². The molecule has 0 atom stereocenters. The van der Waals surface area contributed by atoms with Crippen molar-refractivity contribution >= 4 is 6.29 Å². The van der Waals surface area contributed by atoms with Gasteiger partial charge in [-0.05, 0) is 48.4 Å². The number of rotatable bonds is 3. The number of carbonyl (C=O) groups excluding carboxylic acids is 1. The molecule has 0 unspecified atom stereocenters. The molecule has 2 aromatic rings. The smallest absolute Gasteiger partial charge is 0.258 e. The molecule has 1 N–H and O–H groups in total. The molecule has 0 spiro atoms. The monoisotopic (exact) mass is 243 g/mol. The number of methoxy groups -OCH3 is 1. The first-order valence-electron chi connectivity index (χ1n) is 5.49. The van der Waals surface area contributed by atoms with Crippen molar-refractivity contribution in [2.75, 3.05) is 7.11 Å². The molecule has 0 bridgehead atoms. The van der Waals surface area contributed by atoms with Crippen LogP contribution in [0, 0.1) is 6.92 Å². The van der Waals surface area contributed by atoms with Crippen LogP contribution in [0.1, 0.15) is 15.9 Å². The minimum absolute atomic E-state index is 0.129. The van der Waals surface area contributed by atoms with Crippen LogP contribution < -0.4 is 10.3 Å². The van der Waals surface area contributed by atoms with E-state index >= 15 is 0 Å². The van der Waals surface area contributed by atoms with Crippen molar-refractivity contribution in [3.05, 3.63) is 51.8 Å². The number of H-pyrrole nitrogens is 1. The highest BCUT2D eigenvalue weighted by Gasteiger charge is 2.05. The summed E-state index contributed by atoms with van der Waals surface area (Å²) in [5, 5.41) is 0. The van der Waals surface area contributed by atoms with Crippen molar-refractivity contribution in [1.82, 2.24) is 4.98 Å². The zero-order valence-electron chi connectivity index (χ0n) is 10.2. The number of carbonyl (C=O) groups is 1. The van der Waals surface area contributed by atoms with Crippen LogP contribution in [0.3, 0.4) is 0 Å². The predicted octanol–water partition coefficient (Wildman–Crippen LogP) is 2.17. The molecule has 0 saturated carbocycles. The summed E-state index contributed by atoms with van der Waals surface area (Å²) in [5.41, 5.74) is 2.29. The quantitative estimate of drug-likeness (QED) is 0.840. The lowest BCUT2D eigenvalue weighted by Gasteiger charge is -2.07. The highest BCUT2D eigenvalue weighted by atomic mass is 16.5. The lowest BCUT2D eigenvalue weighted by atomic mass is 10.1. The average molecular weight is 243 g/mol. The van der Waals surface area contributed by atoms with Crippen molar-refractivity contribution in [3.63, 3.8) is 0 Å². The molecule has 0 saturated heterocycles. The Labute approximate surface area is 104 Å². The maximum absolute atomic E-state index is 11.5. The number of ether oxygens (including phenoxy) is 1. The first kappa shape index (κ1) is 12.1. The van der Waals surface area contributed by atoms with Crippen LogP contribution in [0.25, 0.3) is 11.3 Å². The van der Waals surface area contributed by atoms with Crippen LogP contribution in [0.15, 0.2) is 35.1 Å². The molecule has 1 heterocycles. The van der Waals surface area contributed by atoms with Crippen LogP contribution in [0.4, 0.5) is 0 Å². The van der Waals surface area contributed by atoms with Gasteiger partial charge in [-0.15, -0.1) is 0 Å². The standard InChI is InChI=1S/C14H13NO3/c1-9-7-10(4-6-13(9)18-2)12-5-3-11(8-16)14(17)15-12/h3-8H,1-2H3,(H,15,17). The van der Waals surface area contributed by atoms with Gasteiger partial charge in [-0.2, -0.15) is 0 Å². The fourth-order valence-electron chi connectivity index (χ4n) is 1.79. The van der Waals surface area contributed by atoms with Crippen LogP contribution >= 0.6 is 0 Å². The third-order valence-electron chi connectivity index (χ3n) is 2.77. The molecule has 4 nitrogen and oxygen atoms in total. The zero-order valence-corrected chi connectivity index (χ0v) is 10.2. The van der Waals surface area contributed by atoms with E-state index in [1.807, 2.05) is 25.1 Å². The topological polar surface area (TPSA) is 59.2 Å². The summed E-state index contributed by atoms with van der Waals surface area (Å²) in [6.45, 7) is 1.93. The second-order valence-electron chi connectivity index (χ2n) is 3.96. The summed E-state index contributed by atoms with van der Waals surface area (Å²) in [6.07, 6.45) is 0.544. The van der Waals surface area contributed by atoms with E-state index in [1.165, 1.54) is 6.07 Å². The van der Waals surface area contributed by atoms with E-state index in [0.717, 1.165) is 16.9 Å². The SMILES string of the molecule is COc1ccc(-c2ccc(C=O)c(=O)[nH]2)cc1C. The molecular formula is C14H13NO3. The fraction of sp³-hybridized carbons (Fsp3) is 0.143. The van der Waals surface area contributed by atoms with Gasteiger partial charge in [0, 0.05) is 5.69 Å². The van der Waals surface area contributed by atoms with Crippen molar-refractivity contribution in [1.29, 1.82) is 0 Å². The second kappa shape index (κ2) is 4.87. The maximum atomic E-state index is 11.5. The number of aromatic amines is 1. The Morgan fingerprint density at radius 1 is 1.22 bits per heavy atom. The summed E-state index contributed by atoms with van der Waals surface area (Å²) < 4.78 is 5.18. The van der Waals surface area contributed by atoms with Crippen LogP contribution in [-0.2, 0) is 0 Å². The third kappa shape index (κ3) is 2.18. The zero-order chi connectivity index (χ0) is 13.1. The first-order valence-corrected chi connectivity index (χ1v) is 5.49. The molecule has 1 aromatic carbocycles. The Kier molecular flexibility index (Phi) is 3.28. The number of aldehydes is 1. The van der Waals surface area contributed by atoms with Crippen LogP contribution in [0.2, 0.25) is 0 Å². The Morgan fingerprint density at radius 2 is 2.00 bits per heavy atom. The number of hydrogen-bond donors (Lipinski definition) is 1.